The number of nitrogens with two attached hydrogens (primary N) is 1. The summed E-state index contributed by atoms with van der Waals surface area (Å²) in [5.41, 5.74) is 6.65. The smallest absolute Gasteiger partial charge is 0.337 e. The number of hydrogen-bond donors (Lipinski definition) is 1. The minimum atomic E-state index is -0.533. The van der Waals surface area contributed by atoms with E-state index in [1.165, 1.54) is 17.7 Å². The molecule has 8 nitrogen and oxygen atoms in total. The normalized spacial score (nSPS) is 10.8. The largest absolute Gasteiger partial charge is 0.465 e. The highest BCUT2D eigenvalue weighted by molar-refractivity contribution is 5.89. The fraction of sp³-hybridized carbons (Fsp3) is 0.0909. The van der Waals surface area contributed by atoms with Gasteiger partial charge in [0.2, 0.25) is 0 Å². The molecule has 4 rings (SSSR count). The van der Waals surface area contributed by atoms with E-state index in [1.54, 1.807) is 54.6 Å². The zero-order valence-corrected chi connectivity index (χ0v) is 16.1. The van der Waals surface area contributed by atoms with Gasteiger partial charge in [0, 0.05) is 0 Å². The van der Waals surface area contributed by atoms with E-state index in [4.69, 9.17) is 10.5 Å². The number of para-hydroxylation sites is 1. The number of aromatic nitrogens is 3. The summed E-state index contributed by atoms with van der Waals surface area (Å²) in [5.74, 6) is -0.248. The SMILES string of the molecule is COC(=O)c1ccc(Cn2c(=O)c3ccc(N)nc3n(-c3ccccc3)c2=O)cc1. The number of ether oxygens (including phenoxy) is 1. The number of esters is 1. The zero-order chi connectivity index (χ0) is 21.3. The molecule has 0 aliphatic carbocycles. The van der Waals surface area contributed by atoms with Crippen molar-refractivity contribution in [1.29, 1.82) is 0 Å². The van der Waals surface area contributed by atoms with Crippen molar-refractivity contribution in [1.82, 2.24) is 14.1 Å². The average Bonchev–Trinajstić information content (AvgIpc) is 2.77. The number of hydrogen-bond acceptors (Lipinski definition) is 6. The first kappa shape index (κ1) is 19.1. The Morgan fingerprint density at radius 3 is 2.37 bits per heavy atom. The van der Waals surface area contributed by atoms with Gasteiger partial charge >= 0.3 is 11.7 Å². The third-order valence-corrected chi connectivity index (χ3v) is 4.74. The topological polar surface area (TPSA) is 109 Å². The molecule has 0 unspecified atom stereocenters. The maximum Gasteiger partial charge on any atom is 0.337 e. The van der Waals surface area contributed by atoms with Crippen molar-refractivity contribution in [3.63, 3.8) is 0 Å². The number of fused-ring (bicyclic) bond motifs is 1. The van der Waals surface area contributed by atoms with Crippen molar-refractivity contribution in [2.45, 2.75) is 6.54 Å². The Bertz CT molecular complexity index is 1360. The van der Waals surface area contributed by atoms with Crippen molar-refractivity contribution in [2.24, 2.45) is 0 Å². The van der Waals surface area contributed by atoms with Crippen LogP contribution in [0, 0.1) is 0 Å². The van der Waals surface area contributed by atoms with Crippen LogP contribution in [0.2, 0.25) is 0 Å². The minimum absolute atomic E-state index is 0.0340. The second kappa shape index (κ2) is 7.67. The molecule has 0 fully saturated rings. The van der Waals surface area contributed by atoms with Crippen LogP contribution in [0.25, 0.3) is 16.7 Å². The summed E-state index contributed by atoms with van der Waals surface area (Å²) in [4.78, 5) is 42.2. The van der Waals surface area contributed by atoms with Gasteiger partial charge in [0.1, 0.15) is 5.82 Å². The Morgan fingerprint density at radius 1 is 1.00 bits per heavy atom. The van der Waals surface area contributed by atoms with E-state index in [0.29, 0.717) is 16.8 Å². The zero-order valence-electron chi connectivity index (χ0n) is 16.1. The lowest BCUT2D eigenvalue weighted by Crippen LogP contribution is -2.40. The molecule has 0 saturated heterocycles. The molecule has 0 aliphatic rings. The van der Waals surface area contributed by atoms with Crippen LogP contribution >= 0.6 is 0 Å². The highest BCUT2D eigenvalue weighted by atomic mass is 16.5. The number of carbonyl (C=O) groups is 1. The second-order valence-electron chi connectivity index (χ2n) is 6.64. The van der Waals surface area contributed by atoms with Crippen LogP contribution in [0.15, 0.2) is 76.3 Å². The Hall–Kier alpha value is -4.20. The summed E-state index contributed by atoms with van der Waals surface area (Å²) in [6.45, 7) is 0.0340. The maximum absolute atomic E-state index is 13.3. The standard InChI is InChI=1S/C22H18N4O4/c1-30-21(28)15-9-7-14(8-10-15)13-25-20(27)17-11-12-18(23)24-19(17)26(22(25)29)16-5-3-2-4-6-16/h2-12H,13H2,1H3,(H2,23,24). The molecule has 0 amide bonds. The number of carbonyl (C=O) groups excluding carboxylic acids is 1. The molecule has 0 radical (unpaired) electrons. The molecule has 2 aromatic carbocycles. The molecule has 2 N–H and O–H groups in total. The summed E-state index contributed by atoms with van der Waals surface area (Å²) < 4.78 is 7.20. The average molecular weight is 402 g/mol. The van der Waals surface area contributed by atoms with Crippen LogP contribution in [-0.4, -0.2) is 27.2 Å². The first-order valence-corrected chi connectivity index (χ1v) is 9.14. The van der Waals surface area contributed by atoms with Gasteiger partial charge in [-0.15, -0.1) is 0 Å². The first-order chi connectivity index (χ1) is 14.5. The van der Waals surface area contributed by atoms with Gasteiger partial charge in [-0.1, -0.05) is 30.3 Å². The lowest BCUT2D eigenvalue weighted by Gasteiger charge is -2.14. The maximum atomic E-state index is 13.3. The summed E-state index contributed by atoms with van der Waals surface area (Å²) >= 11 is 0. The first-order valence-electron chi connectivity index (χ1n) is 9.14. The fourth-order valence-corrected chi connectivity index (χ4v) is 3.24. The van der Waals surface area contributed by atoms with Gasteiger partial charge in [-0.25, -0.2) is 19.1 Å². The number of methoxy groups -OCH3 is 1. The van der Waals surface area contributed by atoms with Gasteiger partial charge in [-0.2, -0.15) is 0 Å². The minimum Gasteiger partial charge on any atom is -0.465 e. The number of benzene rings is 2. The summed E-state index contributed by atoms with van der Waals surface area (Å²) in [7, 11) is 1.30. The Kier molecular flexibility index (Phi) is 4.89. The van der Waals surface area contributed by atoms with E-state index in [-0.39, 0.29) is 23.4 Å². The lowest BCUT2D eigenvalue weighted by molar-refractivity contribution is 0.0600. The molecule has 0 saturated carbocycles. The second-order valence-corrected chi connectivity index (χ2v) is 6.64. The highest BCUT2D eigenvalue weighted by Gasteiger charge is 2.16. The Balaban J connectivity index is 1.91. The third kappa shape index (κ3) is 3.35. The Labute approximate surface area is 170 Å². The molecule has 0 atom stereocenters. The molecular weight excluding hydrogens is 384 g/mol. The molecule has 2 heterocycles. The van der Waals surface area contributed by atoms with Crippen molar-refractivity contribution in [3.05, 3.63) is 98.7 Å². The third-order valence-electron chi connectivity index (χ3n) is 4.74. The molecule has 0 spiro atoms. The quantitative estimate of drug-likeness (QED) is 0.523. The van der Waals surface area contributed by atoms with Crippen molar-refractivity contribution in [2.75, 3.05) is 12.8 Å². The summed E-state index contributed by atoms with van der Waals surface area (Å²) in [6, 6.07) is 18.6. The molecule has 30 heavy (non-hydrogen) atoms. The number of anilines is 1. The van der Waals surface area contributed by atoms with Gasteiger partial charge in [0.15, 0.2) is 5.65 Å². The van der Waals surface area contributed by atoms with Gasteiger partial charge in [0.05, 0.1) is 30.3 Å². The van der Waals surface area contributed by atoms with E-state index in [0.717, 1.165) is 4.57 Å². The molecule has 150 valence electrons. The van der Waals surface area contributed by atoms with E-state index in [9.17, 15) is 14.4 Å². The van der Waals surface area contributed by atoms with E-state index >= 15 is 0 Å². The molecule has 8 heteroatoms. The van der Waals surface area contributed by atoms with Gasteiger partial charge in [-0.3, -0.25) is 9.36 Å². The van der Waals surface area contributed by atoms with E-state index in [1.807, 2.05) is 6.07 Å². The highest BCUT2D eigenvalue weighted by Crippen LogP contribution is 2.14. The molecule has 0 bridgehead atoms. The van der Waals surface area contributed by atoms with Crippen LogP contribution in [0.5, 0.6) is 0 Å². The monoisotopic (exact) mass is 402 g/mol. The molecule has 2 aromatic heterocycles. The van der Waals surface area contributed by atoms with Crippen molar-refractivity contribution in [3.8, 4) is 5.69 Å². The number of pyridine rings is 1. The van der Waals surface area contributed by atoms with Crippen LogP contribution in [0.3, 0.4) is 0 Å². The Morgan fingerprint density at radius 2 is 1.70 bits per heavy atom. The van der Waals surface area contributed by atoms with Crippen LogP contribution in [-0.2, 0) is 11.3 Å². The predicted octanol–water partition coefficient (Wildman–Crippen LogP) is 1.96. The van der Waals surface area contributed by atoms with Gasteiger partial charge in [0.25, 0.3) is 5.56 Å². The van der Waals surface area contributed by atoms with Crippen LogP contribution < -0.4 is 17.0 Å². The van der Waals surface area contributed by atoms with E-state index < -0.39 is 17.2 Å². The van der Waals surface area contributed by atoms with Gasteiger partial charge < -0.3 is 10.5 Å². The molecular formula is C22H18N4O4. The number of rotatable bonds is 4. The summed E-state index contributed by atoms with van der Waals surface area (Å²) in [5, 5.41) is 0.277. The van der Waals surface area contributed by atoms with E-state index in [2.05, 4.69) is 4.98 Å². The number of nitrogens with zero attached hydrogens (tertiary/aromatic N) is 3. The van der Waals surface area contributed by atoms with Crippen LogP contribution in [0.4, 0.5) is 5.82 Å². The number of nitrogen functional groups attached to an aromatic ring is 1. The fourth-order valence-electron chi connectivity index (χ4n) is 3.24. The van der Waals surface area contributed by atoms with Crippen molar-refractivity contribution < 1.29 is 9.53 Å². The molecule has 4 aromatic rings. The van der Waals surface area contributed by atoms with Crippen molar-refractivity contribution >= 4 is 22.8 Å². The summed E-state index contributed by atoms with van der Waals surface area (Å²) in [6.07, 6.45) is 0. The van der Waals surface area contributed by atoms with Gasteiger partial charge in [-0.05, 0) is 42.0 Å². The lowest BCUT2D eigenvalue weighted by atomic mass is 10.1. The predicted molar refractivity (Wildman–Crippen MR) is 113 cm³/mol. The molecule has 0 aliphatic heterocycles. The van der Waals surface area contributed by atoms with Crippen LogP contribution in [0.1, 0.15) is 15.9 Å².